The lowest BCUT2D eigenvalue weighted by atomic mass is 10.0. The monoisotopic (exact) mass is 399 g/mol. The van der Waals surface area contributed by atoms with Gasteiger partial charge in [0.2, 0.25) is 0 Å². The van der Waals surface area contributed by atoms with Crippen LogP contribution in [0.2, 0.25) is 0 Å². The third kappa shape index (κ3) is 6.43. The van der Waals surface area contributed by atoms with Crippen LogP contribution in [0.3, 0.4) is 0 Å². The molecule has 1 aromatic carbocycles. The first-order valence-corrected chi connectivity index (χ1v) is 11.2. The minimum Gasteiger partial charge on any atom is -0.497 e. The van der Waals surface area contributed by atoms with Gasteiger partial charge in [-0.1, -0.05) is 26.0 Å². The van der Waals surface area contributed by atoms with Crippen molar-refractivity contribution in [2.24, 2.45) is 0 Å². The van der Waals surface area contributed by atoms with Crippen LogP contribution in [0.1, 0.15) is 38.3 Å². The summed E-state index contributed by atoms with van der Waals surface area (Å²) in [6.07, 6.45) is 1.60. The highest BCUT2D eigenvalue weighted by atomic mass is 32.2. The number of methoxy groups -OCH3 is 1. The van der Waals surface area contributed by atoms with Gasteiger partial charge < -0.3 is 9.47 Å². The van der Waals surface area contributed by atoms with Crippen LogP contribution in [0.15, 0.2) is 24.3 Å². The van der Waals surface area contributed by atoms with Crippen LogP contribution >= 0.6 is 0 Å². The molecule has 0 aliphatic carbocycles. The zero-order valence-corrected chi connectivity index (χ0v) is 17.5. The van der Waals surface area contributed by atoms with E-state index in [4.69, 9.17) is 9.47 Å². The van der Waals surface area contributed by atoms with E-state index in [1.165, 1.54) is 4.31 Å². The Labute approximate surface area is 163 Å². The lowest BCUT2D eigenvalue weighted by Gasteiger charge is -2.35. The summed E-state index contributed by atoms with van der Waals surface area (Å²) in [7, 11) is -1.86. The van der Waals surface area contributed by atoms with E-state index in [1.54, 1.807) is 7.11 Å². The zero-order valence-electron chi connectivity index (χ0n) is 16.7. The van der Waals surface area contributed by atoms with E-state index in [-0.39, 0.29) is 6.04 Å². The second-order valence-electron chi connectivity index (χ2n) is 6.69. The van der Waals surface area contributed by atoms with E-state index in [1.807, 2.05) is 38.1 Å². The van der Waals surface area contributed by atoms with Crippen molar-refractivity contribution in [3.8, 4) is 5.75 Å². The molecular formula is C19H33N3O4S. The van der Waals surface area contributed by atoms with Crippen LogP contribution in [-0.2, 0) is 14.9 Å². The molecule has 8 heteroatoms. The quantitative estimate of drug-likeness (QED) is 0.616. The molecule has 7 nitrogen and oxygen atoms in total. The van der Waals surface area contributed by atoms with Crippen LogP contribution in [0.5, 0.6) is 5.75 Å². The first-order valence-electron chi connectivity index (χ1n) is 9.72. The first kappa shape index (κ1) is 22.1. The van der Waals surface area contributed by atoms with Gasteiger partial charge in [-0.2, -0.15) is 12.7 Å². The molecule has 1 saturated heterocycles. The smallest absolute Gasteiger partial charge is 0.279 e. The van der Waals surface area contributed by atoms with Gasteiger partial charge in [0.05, 0.1) is 20.3 Å². The van der Waals surface area contributed by atoms with Gasteiger partial charge in [-0.3, -0.25) is 4.90 Å². The van der Waals surface area contributed by atoms with Crippen molar-refractivity contribution < 1.29 is 17.9 Å². The predicted molar refractivity (Wildman–Crippen MR) is 107 cm³/mol. The van der Waals surface area contributed by atoms with Gasteiger partial charge in [0.15, 0.2) is 0 Å². The molecule has 154 valence electrons. The molecule has 1 atom stereocenters. The average molecular weight is 400 g/mol. The summed E-state index contributed by atoms with van der Waals surface area (Å²) >= 11 is 0. The van der Waals surface area contributed by atoms with E-state index >= 15 is 0 Å². The molecule has 27 heavy (non-hydrogen) atoms. The zero-order chi connectivity index (χ0) is 19.7. The van der Waals surface area contributed by atoms with Crippen molar-refractivity contribution in [2.45, 2.75) is 32.7 Å². The van der Waals surface area contributed by atoms with Gasteiger partial charge in [-0.25, -0.2) is 4.72 Å². The Bertz CT molecular complexity index is 639. The van der Waals surface area contributed by atoms with Crippen molar-refractivity contribution in [2.75, 3.05) is 53.0 Å². The third-order valence-corrected chi connectivity index (χ3v) is 6.31. The van der Waals surface area contributed by atoms with Gasteiger partial charge >= 0.3 is 0 Å². The third-order valence-electron chi connectivity index (χ3n) is 4.73. The number of benzene rings is 1. The van der Waals surface area contributed by atoms with E-state index in [0.717, 1.165) is 37.2 Å². The maximum Gasteiger partial charge on any atom is 0.279 e. The fourth-order valence-corrected chi connectivity index (χ4v) is 4.70. The van der Waals surface area contributed by atoms with Gasteiger partial charge in [0, 0.05) is 38.8 Å². The van der Waals surface area contributed by atoms with Crippen LogP contribution in [0.25, 0.3) is 0 Å². The maximum atomic E-state index is 12.8. The van der Waals surface area contributed by atoms with Crippen molar-refractivity contribution in [3.63, 3.8) is 0 Å². The molecule has 0 radical (unpaired) electrons. The average Bonchev–Trinajstić information content (AvgIpc) is 2.69. The molecule has 1 aromatic rings. The fourth-order valence-electron chi connectivity index (χ4n) is 3.30. The number of nitrogens with zero attached hydrogens (tertiary/aromatic N) is 2. The lowest BCUT2D eigenvalue weighted by Crippen LogP contribution is -2.47. The van der Waals surface area contributed by atoms with E-state index < -0.39 is 10.2 Å². The Balaban J connectivity index is 2.15. The summed E-state index contributed by atoms with van der Waals surface area (Å²) < 4.78 is 40.6. The second kappa shape index (κ2) is 11.0. The summed E-state index contributed by atoms with van der Waals surface area (Å²) in [4.78, 5) is 2.28. The Morgan fingerprint density at radius 3 is 2.26 bits per heavy atom. The Morgan fingerprint density at radius 1 is 1.15 bits per heavy atom. The Kier molecular flexibility index (Phi) is 8.98. The maximum absolute atomic E-state index is 12.8. The van der Waals surface area contributed by atoms with E-state index in [2.05, 4.69) is 9.62 Å². The fraction of sp³-hybridized carbons (Fsp3) is 0.684. The van der Waals surface area contributed by atoms with Crippen molar-refractivity contribution in [1.29, 1.82) is 0 Å². The Hall–Kier alpha value is -1.19. The first-order chi connectivity index (χ1) is 13.0. The molecule has 0 spiro atoms. The molecule has 2 rings (SSSR count). The molecule has 1 aliphatic rings. The van der Waals surface area contributed by atoms with Crippen molar-refractivity contribution >= 4 is 10.2 Å². The summed E-state index contributed by atoms with van der Waals surface area (Å²) in [5.41, 5.74) is 1.07. The number of rotatable bonds is 11. The topological polar surface area (TPSA) is 71.1 Å². The number of morpholine rings is 1. The van der Waals surface area contributed by atoms with Crippen LogP contribution < -0.4 is 9.46 Å². The number of ether oxygens (including phenoxy) is 2. The molecule has 0 bridgehead atoms. The molecule has 1 heterocycles. The minimum atomic E-state index is -3.50. The highest BCUT2D eigenvalue weighted by Crippen LogP contribution is 2.24. The molecule has 0 saturated carbocycles. The highest BCUT2D eigenvalue weighted by Gasteiger charge is 2.26. The van der Waals surface area contributed by atoms with Crippen LogP contribution in [0.4, 0.5) is 0 Å². The van der Waals surface area contributed by atoms with E-state index in [9.17, 15) is 8.42 Å². The van der Waals surface area contributed by atoms with Crippen LogP contribution in [0, 0.1) is 0 Å². The number of hydrogen-bond donors (Lipinski definition) is 1. The normalized spacial score (nSPS) is 17.2. The summed E-state index contributed by atoms with van der Waals surface area (Å²) in [6.45, 7) is 8.28. The van der Waals surface area contributed by atoms with Crippen LogP contribution in [-0.4, -0.2) is 70.7 Å². The summed E-state index contributed by atoms with van der Waals surface area (Å²) in [6, 6.07) is 7.79. The molecular weight excluding hydrogens is 366 g/mol. The molecule has 0 unspecified atom stereocenters. The number of hydrogen-bond acceptors (Lipinski definition) is 5. The SMILES string of the molecule is CCCN(CCC)S(=O)(=O)NC[C@H](c1ccc(OC)cc1)N1CCOCC1. The second-order valence-corrected chi connectivity index (χ2v) is 8.45. The lowest BCUT2D eigenvalue weighted by molar-refractivity contribution is 0.0171. The number of nitrogens with one attached hydrogen (secondary N) is 1. The summed E-state index contributed by atoms with van der Waals surface area (Å²) in [5, 5.41) is 0. The molecule has 1 aliphatic heterocycles. The standard InChI is InChI=1S/C19H33N3O4S/c1-4-10-22(11-5-2)27(23,24)20-16-19(21-12-14-26-15-13-21)17-6-8-18(25-3)9-7-17/h6-9,19-20H,4-5,10-16H2,1-3H3/t19-/m1/s1. The summed E-state index contributed by atoms with van der Waals surface area (Å²) in [5.74, 6) is 0.789. The van der Waals surface area contributed by atoms with Gasteiger partial charge in [-0.15, -0.1) is 0 Å². The molecule has 1 fully saturated rings. The molecule has 1 N–H and O–H groups in total. The van der Waals surface area contributed by atoms with Gasteiger partial charge in [-0.05, 0) is 30.5 Å². The highest BCUT2D eigenvalue weighted by molar-refractivity contribution is 7.87. The predicted octanol–water partition coefficient (Wildman–Crippen LogP) is 2.02. The van der Waals surface area contributed by atoms with Gasteiger partial charge in [0.25, 0.3) is 10.2 Å². The van der Waals surface area contributed by atoms with Crippen molar-refractivity contribution in [1.82, 2.24) is 13.9 Å². The largest absolute Gasteiger partial charge is 0.497 e. The minimum absolute atomic E-state index is 0.0420. The Morgan fingerprint density at radius 2 is 1.74 bits per heavy atom. The molecule has 0 aromatic heterocycles. The van der Waals surface area contributed by atoms with Crippen molar-refractivity contribution in [3.05, 3.63) is 29.8 Å². The van der Waals surface area contributed by atoms with Gasteiger partial charge in [0.1, 0.15) is 5.75 Å². The molecule has 0 amide bonds. The van der Waals surface area contributed by atoms with E-state index in [0.29, 0.717) is 32.8 Å².